The fourth-order valence-electron chi connectivity index (χ4n) is 2.01. The average Bonchev–Trinajstić information content (AvgIpc) is 2.49. The summed E-state index contributed by atoms with van der Waals surface area (Å²) in [6, 6.07) is 7.70. The molecule has 0 atom stereocenters. The van der Waals surface area contributed by atoms with Gasteiger partial charge in [-0.3, -0.25) is 0 Å². The van der Waals surface area contributed by atoms with Crippen molar-refractivity contribution in [3.8, 4) is 11.8 Å². The lowest BCUT2D eigenvalue weighted by atomic mass is 10.0. The van der Waals surface area contributed by atoms with Crippen LogP contribution in [0.3, 0.4) is 0 Å². The zero-order valence-corrected chi connectivity index (χ0v) is 12.9. The quantitative estimate of drug-likeness (QED) is 0.821. The van der Waals surface area contributed by atoms with Crippen LogP contribution in [0.4, 0.5) is 5.69 Å². The van der Waals surface area contributed by atoms with Crippen LogP contribution in [0.25, 0.3) is 0 Å². The van der Waals surface area contributed by atoms with Gasteiger partial charge in [0.05, 0.1) is 18.4 Å². The van der Waals surface area contributed by atoms with Gasteiger partial charge in [0.15, 0.2) is 0 Å². The number of hydrogen-bond donors (Lipinski definition) is 1. The number of nitriles is 1. The summed E-state index contributed by atoms with van der Waals surface area (Å²) in [4.78, 5) is 0. The second-order valence-electron chi connectivity index (χ2n) is 4.47. The Morgan fingerprint density at radius 3 is 2.53 bits per heavy atom. The third-order valence-electron chi connectivity index (χ3n) is 3.67. The number of hydrogen-bond acceptors (Lipinski definition) is 4. The highest BCUT2D eigenvalue weighted by Gasteiger charge is 2.24. The van der Waals surface area contributed by atoms with Gasteiger partial charge in [-0.05, 0) is 31.2 Å². The molecule has 3 nitrogen and oxygen atoms in total. The van der Waals surface area contributed by atoms with Crippen molar-refractivity contribution in [2.75, 3.05) is 25.2 Å². The molecule has 0 bridgehead atoms. The molecule has 0 aliphatic heterocycles. The van der Waals surface area contributed by atoms with Crippen molar-refractivity contribution in [1.82, 2.24) is 0 Å². The highest BCUT2D eigenvalue weighted by Crippen LogP contribution is 2.31. The number of benzene rings is 1. The van der Waals surface area contributed by atoms with E-state index in [2.05, 4.69) is 31.5 Å². The van der Waals surface area contributed by atoms with Gasteiger partial charge in [-0.2, -0.15) is 17.0 Å². The zero-order chi connectivity index (χ0) is 14.3. The monoisotopic (exact) mass is 278 g/mol. The van der Waals surface area contributed by atoms with E-state index in [0.717, 1.165) is 30.8 Å². The maximum atomic E-state index is 9.15. The molecule has 19 heavy (non-hydrogen) atoms. The lowest BCUT2D eigenvalue weighted by Gasteiger charge is -2.30. The molecular formula is C15H22N2OS. The molecule has 1 N–H and O–H groups in total. The summed E-state index contributed by atoms with van der Waals surface area (Å²) in [6.45, 7) is 5.26. The minimum atomic E-state index is 0.218. The molecule has 0 amide bonds. The molecule has 0 saturated heterocycles. The first-order chi connectivity index (χ1) is 9.14. The molecule has 104 valence electrons. The van der Waals surface area contributed by atoms with Gasteiger partial charge >= 0.3 is 0 Å². The molecule has 0 saturated carbocycles. The molecule has 0 aliphatic carbocycles. The first-order valence-corrected chi connectivity index (χ1v) is 7.74. The number of nitrogens with zero attached hydrogens (tertiary/aromatic N) is 1. The number of anilines is 1. The number of ether oxygens (including phenoxy) is 1. The molecular weight excluding hydrogens is 256 g/mol. The minimum Gasteiger partial charge on any atom is -0.497 e. The fraction of sp³-hybridized carbons (Fsp3) is 0.533. The molecule has 0 unspecified atom stereocenters. The summed E-state index contributed by atoms with van der Waals surface area (Å²) in [5, 5.41) is 12.6. The third kappa shape index (κ3) is 3.81. The maximum absolute atomic E-state index is 9.15. The van der Waals surface area contributed by atoms with Gasteiger partial charge in [-0.1, -0.05) is 13.8 Å². The van der Waals surface area contributed by atoms with Crippen molar-refractivity contribution in [2.24, 2.45) is 0 Å². The van der Waals surface area contributed by atoms with Crippen LogP contribution in [0.5, 0.6) is 5.75 Å². The largest absolute Gasteiger partial charge is 0.497 e. The summed E-state index contributed by atoms with van der Waals surface area (Å²) >= 11 is 1.88. The Bertz CT molecular complexity index is 442. The van der Waals surface area contributed by atoms with Gasteiger partial charge in [0.2, 0.25) is 0 Å². The Kier molecular flexibility index (Phi) is 6.04. The average molecular weight is 278 g/mol. The second-order valence-corrected chi connectivity index (χ2v) is 5.75. The van der Waals surface area contributed by atoms with Crippen molar-refractivity contribution in [3.05, 3.63) is 23.8 Å². The van der Waals surface area contributed by atoms with Gasteiger partial charge in [0.25, 0.3) is 0 Å². The lowest BCUT2D eigenvalue weighted by molar-refractivity contribution is 0.415. The van der Waals surface area contributed by atoms with Crippen LogP contribution in [0.2, 0.25) is 0 Å². The predicted octanol–water partition coefficient (Wildman–Crippen LogP) is 3.90. The molecule has 0 spiro atoms. The van der Waals surface area contributed by atoms with Crippen LogP contribution < -0.4 is 10.1 Å². The number of methoxy groups -OCH3 is 1. The first-order valence-electron chi connectivity index (χ1n) is 6.51. The zero-order valence-electron chi connectivity index (χ0n) is 12.1. The molecule has 0 aromatic heterocycles. The lowest BCUT2D eigenvalue weighted by Crippen LogP contribution is -2.32. The van der Waals surface area contributed by atoms with Gasteiger partial charge in [0, 0.05) is 17.4 Å². The van der Waals surface area contributed by atoms with Gasteiger partial charge in [-0.25, -0.2) is 0 Å². The van der Waals surface area contributed by atoms with E-state index in [0.29, 0.717) is 5.56 Å². The molecule has 0 heterocycles. The summed E-state index contributed by atoms with van der Waals surface area (Å²) in [5.74, 6) is 0.768. The van der Waals surface area contributed by atoms with Crippen molar-refractivity contribution in [2.45, 2.75) is 31.4 Å². The van der Waals surface area contributed by atoms with Crippen molar-refractivity contribution in [1.29, 1.82) is 5.26 Å². The Morgan fingerprint density at radius 2 is 2.05 bits per heavy atom. The van der Waals surface area contributed by atoms with E-state index in [-0.39, 0.29) is 4.75 Å². The molecule has 4 heteroatoms. The molecule has 0 radical (unpaired) electrons. The van der Waals surface area contributed by atoms with Crippen molar-refractivity contribution >= 4 is 17.4 Å². The fourth-order valence-corrected chi connectivity index (χ4v) is 2.81. The van der Waals surface area contributed by atoms with Crippen LogP contribution >= 0.6 is 11.8 Å². The highest BCUT2D eigenvalue weighted by atomic mass is 32.2. The molecule has 1 aromatic carbocycles. The van der Waals surface area contributed by atoms with Gasteiger partial charge in [0.1, 0.15) is 11.8 Å². The normalized spacial score (nSPS) is 10.9. The van der Waals surface area contributed by atoms with Crippen molar-refractivity contribution in [3.63, 3.8) is 0 Å². The van der Waals surface area contributed by atoms with E-state index in [1.54, 1.807) is 13.2 Å². The van der Waals surface area contributed by atoms with Crippen LogP contribution in [-0.2, 0) is 0 Å². The van der Waals surface area contributed by atoms with Crippen molar-refractivity contribution < 1.29 is 4.74 Å². The first kappa shape index (κ1) is 15.7. The maximum Gasteiger partial charge on any atom is 0.121 e. The van der Waals surface area contributed by atoms with E-state index >= 15 is 0 Å². The number of nitrogens with one attached hydrogen (secondary N) is 1. The SMILES string of the molecule is CCC(CC)(CNc1cc(OC)ccc1C#N)SC. The summed E-state index contributed by atoms with van der Waals surface area (Å²) in [5.41, 5.74) is 1.50. The third-order valence-corrected chi connectivity index (χ3v) is 5.26. The standard InChI is InChI=1S/C15H22N2OS/c1-5-15(6-2,19-4)11-17-14-9-13(18-3)8-7-12(14)10-16/h7-9,17H,5-6,11H2,1-4H3. The van der Waals surface area contributed by atoms with E-state index in [1.807, 2.05) is 23.9 Å². The topological polar surface area (TPSA) is 45.0 Å². The van der Waals surface area contributed by atoms with Crippen LogP contribution in [-0.4, -0.2) is 24.7 Å². The predicted molar refractivity (Wildman–Crippen MR) is 83.0 cm³/mol. The minimum absolute atomic E-state index is 0.218. The smallest absolute Gasteiger partial charge is 0.121 e. The molecule has 1 aromatic rings. The molecule has 0 aliphatic rings. The van der Waals surface area contributed by atoms with Gasteiger partial charge < -0.3 is 10.1 Å². The Morgan fingerprint density at radius 1 is 1.37 bits per heavy atom. The summed E-state index contributed by atoms with van der Waals surface area (Å²) < 4.78 is 5.43. The Balaban J connectivity index is 2.90. The Labute approximate surface area is 120 Å². The van der Waals surface area contributed by atoms with E-state index < -0.39 is 0 Å². The molecule has 1 rings (SSSR count). The summed E-state index contributed by atoms with van der Waals surface area (Å²) in [7, 11) is 1.63. The van der Waals surface area contributed by atoms with E-state index in [9.17, 15) is 0 Å². The van der Waals surface area contributed by atoms with E-state index in [1.165, 1.54) is 0 Å². The van der Waals surface area contributed by atoms with Crippen LogP contribution in [0.1, 0.15) is 32.3 Å². The van der Waals surface area contributed by atoms with Crippen LogP contribution in [0, 0.1) is 11.3 Å². The van der Waals surface area contributed by atoms with Crippen LogP contribution in [0.15, 0.2) is 18.2 Å². The second kappa shape index (κ2) is 7.30. The number of rotatable bonds is 7. The van der Waals surface area contributed by atoms with Gasteiger partial charge in [-0.15, -0.1) is 0 Å². The summed E-state index contributed by atoms with van der Waals surface area (Å²) in [6.07, 6.45) is 4.35. The Hall–Kier alpha value is -1.34. The van der Waals surface area contributed by atoms with E-state index in [4.69, 9.17) is 10.00 Å². The highest BCUT2D eigenvalue weighted by molar-refractivity contribution is 8.00. The number of thioether (sulfide) groups is 1. The molecule has 0 fully saturated rings.